The zero-order valence-electron chi connectivity index (χ0n) is 6.53. The molecule has 0 aliphatic heterocycles. The van der Waals surface area contributed by atoms with E-state index in [0.717, 1.165) is 13.2 Å². The normalized spacial score (nSPS) is 7.77. The Morgan fingerprint density at radius 2 is 1.85 bits per heavy atom. The SMILES string of the molecule is C=CC(=O)OC(=O)CC(=O)OC.[KH]. The van der Waals surface area contributed by atoms with Gasteiger partial charge in [-0.15, -0.1) is 0 Å². The molecule has 6 heteroatoms. The first-order valence-corrected chi connectivity index (χ1v) is 3.04. The predicted octanol–water partition coefficient (Wildman–Crippen LogP) is -0.843. The van der Waals surface area contributed by atoms with E-state index in [4.69, 9.17) is 0 Å². The van der Waals surface area contributed by atoms with Crippen LogP contribution in [0.4, 0.5) is 0 Å². The van der Waals surface area contributed by atoms with Crippen molar-refractivity contribution in [2.75, 3.05) is 7.11 Å². The zero-order valence-corrected chi connectivity index (χ0v) is 6.53. The van der Waals surface area contributed by atoms with Crippen LogP contribution in [0.1, 0.15) is 6.42 Å². The van der Waals surface area contributed by atoms with Crippen LogP contribution < -0.4 is 0 Å². The Balaban J connectivity index is 0. The number of rotatable bonds is 3. The van der Waals surface area contributed by atoms with Gasteiger partial charge in [0.1, 0.15) is 6.42 Å². The summed E-state index contributed by atoms with van der Waals surface area (Å²) in [5, 5.41) is 0. The summed E-state index contributed by atoms with van der Waals surface area (Å²) in [6.45, 7) is 3.07. The third-order valence-corrected chi connectivity index (χ3v) is 0.897. The minimum absolute atomic E-state index is 0. The van der Waals surface area contributed by atoms with E-state index in [-0.39, 0.29) is 51.4 Å². The number of carbonyl (C=O) groups is 3. The number of hydrogen-bond donors (Lipinski definition) is 0. The van der Waals surface area contributed by atoms with E-state index in [1.165, 1.54) is 0 Å². The standard InChI is InChI=1S/C7H8O5.K.H/c1-3-5(8)12-7(10)4-6(9)11-2;;/h3H,1,4H2,2H3;;. The van der Waals surface area contributed by atoms with Crippen LogP contribution in [0.2, 0.25) is 0 Å². The van der Waals surface area contributed by atoms with Crippen molar-refractivity contribution in [3.63, 3.8) is 0 Å². The van der Waals surface area contributed by atoms with E-state index < -0.39 is 24.3 Å². The second kappa shape index (κ2) is 8.58. The number of methoxy groups -OCH3 is 1. The maximum atomic E-state index is 10.6. The zero-order chi connectivity index (χ0) is 9.56. The fourth-order valence-corrected chi connectivity index (χ4v) is 0.380. The fraction of sp³-hybridized carbons (Fsp3) is 0.286. The van der Waals surface area contributed by atoms with Crippen molar-refractivity contribution in [1.29, 1.82) is 0 Å². The van der Waals surface area contributed by atoms with Gasteiger partial charge in [-0.05, 0) is 0 Å². The van der Waals surface area contributed by atoms with Crippen LogP contribution in [0.3, 0.4) is 0 Å². The summed E-state index contributed by atoms with van der Waals surface area (Å²) in [5.74, 6) is -2.59. The van der Waals surface area contributed by atoms with Gasteiger partial charge in [-0.1, -0.05) is 6.58 Å². The van der Waals surface area contributed by atoms with Crippen LogP contribution in [0.5, 0.6) is 0 Å². The van der Waals surface area contributed by atoms with Gasteiger partial charge < -0.3 is 9.47 Å². The quantitative estimate of drug-likeness (QED) is 0.264. The predicted molar refractivity (Wildman–Crippen MR) is 45.1 cm³/mol. The molecule has 0 aromatic heterocycles. The summed E-state index contributed by atoms with van der Waals surface area (Å²) >= 11 is 0. The van der Waals surface area contributed by atoms with E-state index in [2.05, 4.69) is 16.1 Å². The summed E-state index contributed by atoms with van der Waals surface area (Å²) in [4.78, 5) is 31.4. The van der Waals surface area contributed by atoms with E-state index in [9.17, 15) is 14.4 Å². The second-order valence-electron chi connectivity index (χ2n) is 1.75. The van der Waals surface area contributed by atoms with Crippen molar-refractivity contribution in [2.45, 2.75) is 6.42 Å². The topological polar surface area (TPSA) is 69.7 Å². The van der Waals surface area contributed by atoms with Gasteiger partial charge in [-0.2, -0.15) is 0 Å². The van der Waals surface area contributed by atoms with Gasteiger partial charge >= 0.3 is 69.3 Å². The van der Waals surface area contributed by atoms with Crippen molar-refractivity contribution in [2.24, 2.45) is 0 Å². The molecule has 0 N–H and O–H groups in total. The third kappa shape index (κ3) is 8.32. The molecule has 0 aliphatic rings. The van der Waals surface area contributed by atoms with Crippen molar-refractivity contribution in [1.82, 2.24) is 0 Å². The van der Waals surface area contributed by atoms with Crippen molar-refractivity contribution in [3.8, 4) is 0 Å². The first-order chi connectivity index (χ1) is 5.60. The molecule has 0 rings (SSSR count). The van der Waals surface area contributed by atoms with Gasteiger partial charge in [0.25, 0.3) is 0 Å². The Bertz CT molecular complexity index is 223. The molecule has 0 saturated heterocycles. The molecule has 0 aromatic rings. The molecule has 68 valence electrons. The van der Waals surface area contributed by atoms with E-state index in [0.29, 0.717) is 0 Å². The molecule has 13 heavy (non-hydrogen) atoms. The van der Waals surface area contributed by atoms with Gasteiger partial charge in [0, 0.05) is 6.08 Å². The summed E-state index contributed by atoms with van der Waals surface area (Å²) in [6, 6.07) is 0. The van der Waals surface area contributed by atoms with Gasteiger partial charge in [-0.3, -0.25) is 9.59 Å². The summed E-state index contributed by atoms with van der Waals surface area (Å²) in [6.07, 6.45) is 0.255. The van der Waals surface area contributed by atoms with Crippen LogP contribution >= 0.6 is 0 Å². The average molecular weight is 212 g/mol. The van der Waals surface area contributed by atoms with Crippen LogP contribution in [-0.4, -0.2) is 76.4 Å². The first kappa shape index (κ1) is 15.5. The molecule has 0 bridgehead atoms. The minimum atomic E-state index is -0.952. The Hall–Kier alpha value is -0.0136. The molecule has 0 spiro atoms. The molecule has 0 amide bonds. The van der Waals surface area contributed by atoms with E-state index >= 15 is 0 Å². The number of carbonyl (C=O) groups excluding carboxylic acids is 3. The third-order valence-electron chi connectivity index (χ3n) is 0.897. The molecular weight excluding hydrogens is 203 g/mol. The van der Waals surface area contributed by atoms with Crippen LogP contribution in [0.15, 0.2) is 12.7 Å². The number of ether oxygens (including phenoxy) is 2. The van der Waals surface area contributed by atoms with E-state index in [1.54, 1.807) is 0 Å². The van der Waals surface area contributed by atoms with Crippen LogP contribution in [0, 0.1) is 0 Å². The molecule has 0 saturated carbocycles. The van der Waals surface area contributed by atoms with Crippen molar-refractivity contribution >= 4 is 69.3 Å². The van der Waals surface area contributed by atoms with Gasteiger partial charge in [-0.25, -0.2) is 4.79 Å². The Kier molecular flexibility index (Phi) is 10.2. The molecule has 0 atom stereocenters. The monoisotopic (exact) mass is 212 g/mol. The van der Waals surface area contributed by atoms with Gasteiger partial charge in [0.05, 0.1) is 7.11 Å². The Morgan fingerprint density at radius 1 is 1.31 bits per heavy atom. The van der Waals surface area contributed by atoms with E-state index in [1.807, 2.05) is 0 Å². The molecule has 0 fully saturated rings. The van der Waals surface area contributed by atoms with Gasteiger partial charge in [0.15, 0.2) is 0 Å². The summed E-state index contributed by atoms with van der Waals surface area (Å²) in [7, 11) is 1.13. The molecule has 0 heterocycles. The van der Waals surface area contributed by atoms with Crippen molar-refractivity contribution < 1.29 is 23.9 Å². The Morgan fingerprint density at radius 3 is 2.23 bits per heavy atom. The molecule has 0 aromatic carbocycles. The summed E-state index contributed by atoms with van der Waals surface area (Å²) in [5.41, 5.74) is 0. The van der Waals surface area contributed by atoms with Crippen LogP contribution in [-0.2, 0) is 23.9 Å². The molecule has 0 unspecified atom stereocenters. The second-order valence-corrected chi connectivity index (χ2v) is 1.75. The molecule has 0 aliphatic carbocycles. The van der Waals surface area contributed by atoms with Crippen LogP contribution in [0.25, 0.3) is 0 Å². The first-order valence-electron chi connectivity index (χ1n) is 3.04. The van der Waals surface area contributed by atoms with Crippen molar-refractivity contribution in [3.05, 3.63) is 12.7 Å². The average Bonchev–Trinajstić information content (AvgIpc) is 2.03. The number of hydrogen-bond acceptors (Lipinski definition) is 5. The van der Waals surface area contributed by atoms with Gasteiger partial charge in [0.2, 0.25) is 0 Å². The summed E-state index contributed by atoms with van der Waals surface area (Å²) < 4.78 is 8.23. The molecular formula is C7H9KO5. The maximum absolute atomic E-state index is 10.6. The molecule has 5 nitrogen and oxygen atoms in total. The Labute approximate surface area is 118 Å². The fourth-order valence-electron chi connectivity index (χ4n) is 0.380. The number of esters is 3. The molecule has 0 radical (unpaired) electrons.